The number of hydrogen-bond donors (Lipinski definition) is 0. The molecule has 1 aliphatic rings. The molecule has 1 saturated heterocycles. The average Bonchev–Trinajstić information content (AvgIpc) is 3.04. The van der Waals surface area contributed by atoms with Gasteiger partial charge in [-0.3, -0.25) is 14.6 Å². The molecule has 38 heavy (non-hydrogen) atoms. The van der Waals surface area contributed by atoms with Gasteiger partial charge in [-0.1, -0.05) is 65.7 Å². The molecule has 3 aromatic carbocycles. The van der Waals surface area contributed by atoms with Gasteiger partial charge in [-0.15, -0.1) is 0 Å². The molecule has 1 aromatic heterocycles. The molecule has 0 radical (unpaired) electrons. The van der Waals surface area contributed by atoms with Crippen LogP contribution in [0.25, 0.3) is 10.8 Å². The van der Waals surface area contributed by atoms with Crippen LogP contribution in [0.3, 0.4) is 0 Å². The quantitative estimate of drug-likeness (QED) is 0.288. The Bertz CT molecular complexity index is 1480. The number of fused-ring (bicyclic) bond motifs is 1. The summed E-state index contributed by atoms with van der Waals surface area (Å²) in [6.45, 7) is 0.927. The van der Waals surface area contributed by atoms with Crippen molar-refractivity contribution >= 4 is 45.8 Å². The summed E-state index contributed by atoms with van der Waals surface area (Å²) in [7, 11) is 1.63. The number of carbonyl (C=O) groups is 2. The van der Waals surface area contributed by atoms with Crippen LogP contribution in [0.1, 0.15) is 23.1 Å². The van der Waals surface area contributed by atoms with Gasteiger partial charge in [-0.25, -0.2) is 0 Å². The topological polar surface area (TPSA) is 62.7 Å². The van der Waals surface area contributed by atoms with E-state index in [0.717, 1.165) is 27.5 Å². The third kappa shape index (κ3) is 5.47. The molecule has 0 bridgehead atoms. The number of carbonyl (C=O) groups excluding carboxylic acids is 2. The number of ether oxygens (including phenoxy) is 1. The van der Waals surface area contributed by atoms with E-state index in [1.54, 1.807) is 41.4 Å². The lowest BCUT2D eigenvalue weighted by molar-refractivity contribution is -0.142. The summed E-state index contributed by atoms with van der Waals surface area (Å²) in [6, 6.07) is 20.3. The van der Waals surface area contributed by atoms with Crippen molar-refractivity contribution in [3.63, 3.8) is 0 Å². The summed E-state index contributed by atoms with van der Waals surface area (Å²) in [5.41, 5.74) is 2.60. The zero-order chi connectivity index (χ0) is 26.6. The fraction of sp³-hybridized carbons (Fsp3) is 0.233. The third-order valence-corrected chi connectivity index (χ3v) is 7.68. The van der Waals surface area contributed by atoms with Gasteiger partial charge in [0.25, 0.3) is 0 Å². The third-order valence-electron chi connectivity index (χ3n) is 6.94. The Morgan fingerprint density at radius 1 is 0.947 bits per heavy atom. The van der Waals surface area contributed by atoms with Crippen LogP contribution >= 0.6 is 23.2 Å². The highest BCUT2D eigenvalue weighted by molar-refractivity contribution is 6.42. The predicted molar refractivity (Wildman–Crippen MR) is 149 cm³/mol. The van der Waals surface area contributed by atoms with Gasteiger partial charge in [0, 0.05) is 50.4 Å². The van der Waals surface area contributed by atoms with E-state index < -0.39 is 6.04 Å². The van der Waals surface area contributed by atoms with E-state index >= 15 is 0 Å². The smallest absolute Gasteiger partial charge is 0.246 e. The normalized spacial score (nSPS) is 16.1. The van der Waals surface area contributed by atoms with E-state index in [0.29, 0.717) is 35.3 Å². The first kappa shape index (κ1) is 26.0. The number of aromatic nitrogens is 1. The van der Waals surface area contributed by atoms with Gasteiger partial charge in [-0.05, 0) is 46.2 Å². The minimum absolute atomic E-state index is 0.0837. The van der Waals surface area contributed by atoms with Crippen LogP contribution in [0.5, 0.6) is 5.75 Å². The van der Waals surface area contributed by atoms with E-state index in [1.165, 1.54) is 0 Å². The molecule has 0 saturated carbocycles. The number of hydrogen-bond acceptors (Lipinski definition) is 4. The Morgan fingerprint density at radius 2 is 1.79 bits per heavy atom. The zero-order valence-corrected chi connectivity index (χ0v) is 22.5. The first-order chi connectivity index (χ1) is 18.4. The Hall–Kier alpha value is -3.61. The van der Waals surface area contributed by atoms with Crippen LogP contribution in [0.4, 0.5) is 0 Å². The monoisotopic (exact) mass is 547 g/mol. The lowest BCUT2D eigenvalue weighted by Crippen LogP contribution is -2.48. The molecule has 0 spiro atoms. The molecule has 8 heteroatoms. The maximum atomic E-state index is 14.2. The van der Waals surface area contributed by atoms with Crippen molar-refractivity contribution in [3.05, 3.63) is 106 Å². The number of pyridine rings is 1. The summed E-state index contributed by atoms with van der Waals surface area (Å²) < 4.78 is 5.68. The predicted octanol–water partition coefficient (Wildman–Crippen LogP) is 5.92. The Morgan fingerprint density at radius 3 is 2.55 bits per heavy atom. The number of rotatable bonds is 7. The zero-order valence-electron chi connectivity index (χ0n) is 20.9. The van der Waals surface area contributed by atoms with Gasteiger partial charge in [0.1, 0.15) is 11.8 Å². The van der Waals surface area contributed by atoms with Gasteiger partial charge in [0.05, 0.1) is 17.2 Å². The van der Waals surface area contributed by atoms with E-state index in [-0.39, 0.29) is 24.8 Å². The molecule has 1 atom stereocenters. The minimum atomic E-state index is -0.719. The van der Waals surface area contributed by atoms with E-state index in [4.69, 9.17) is 27.9 Å². The van der Waals surface area contributed by atoms with Gasteiger partial charge >= 0.3 is 0 Å². The number of amides is 2. The van der Waals surface area contributed by atoms with Crippen molar-refractivity contribution < 1.29 is 14.3 Å². The van der Waals surface area contributed by atoms with Crippen molar-refractivity contribution in [1.82, 2.24) is 14.8 Å². The molecular formula is C30H27Cl2N3O3. The van der Waals surface area contributed by atoms with Crippen LogP contribution in [0, 0.1) is 0 Å². The van der Waals surface area contributed by atoms with Crippen molar-refractivity contribution in [2.75, 3.05) is 13.7 Å². The van der Waals surface area contributed by atoms with Crippen molar-refractivity contribution in [2.45, 2.75) is 32.0 Å². The highest BCUT2D eigenvalue weighted by Gasteiger charge is 2.37. The summed E-state index contributed by atoms with van der Waals surface area (Å²) in [5.74, 6) is 0.501. The maximum Gasteiger partial charge on any atom is 0.246 e. The second-order valence-electron chi connectivity index (χ2n) is 9.33. The fourth-order valence-corrected chi connectivity index (χ4v) is 5.32. The molecule has 194 valence electrons. The molecule has 0 N–H and O–H groups in total. The lowest BCUT2D eigenvalue weighted by Gasteiger charge is -2.31. The van der Waals surface area contributed by atoms with E-state index in [2.05, 4.69) is 4.98 Å². The highest BCUT2D eigenvalue weighted by atomic mass is 35.5. The van der Waals surface area contributed by atoms with Crippen LogP contribution in [0.2, 0.25) is 10.0 Å². The number of benzene rings is 3. The molecule has 5 rings (SSSR count). The second kappa shape index (κ2) is 11.4. The SMILES string of the molecule is COc1ccc2ccccc2c1CN1CCC(=O)N(Cc2cccnc2)[C@@H](Cc2ccc(Cl)c(Cl)c2)C1=O. The number of halogens is 2. The molecule has 0 aliphatic carbocycles. The Kier molecular flexibility index (Phi) is 7.82. The lowest BCUT2D eigenvalue weighted by atomic mass is 10.0. The molecule has 2 heterocycles. The summed E-state index contributed by atoms with van der Waals surface area (Å²) in [5, 5.41) is 2.93. The van der Waals surface area contributed by atoms with Crippen LogP contribution in [0.15, 0.2) is 79.1 Å². The summed E-state index contributed by atoms with van der Waals surface area (Å²) in [4.78, 5) is 35.3. The summed E-state index contributed by atoms with van der Waals surface area (Å²) >= 11 is 12.4. The number of nitrogens with zero attached hydrogens (tertiary/aromatic N) is 3. The number of methoxy groups -OCH3 is 1. The average molecular weight is 548 g/mol. The van der Waals surface area contributed by atoms with E-state index in [9.17, 15) is 9.59 Å². The molecule has 2 amide bonds. The van der Waals surface area contributed by atoms with Gasteiger partial charge in [0.15, 0.2) is 0 Å². The van der Waals surface area contributed by atoms with Gasteiger partial charge < -0.3 is 14.5 Å². The first-order valence-electron chi connectivity index (χ1n) is 12.4. The molecule has 1 aliphatic heterocycles. The van der Waals surface area contributed by atoms with Crippen LogP contribution in [-0.4, -0.2) is 46.3 Å². The molecule has 0 unspecified atom stereocenters. The van der Waals surface area contributed by atoms with Crippen molar-refractivity contribution in [1.29, 1.82) is 0 Å². The molecule has 1 fully saturated rings. The fourth-order valence-electron chi connectivity index (χ4n) is 4.99. The van der Waals surface area contributed by atoms with Crippen molar-refractivity contribution in [3.8, 4) is 5.75 Å². The molecule has 6 nitrogen and oxygen atoms in total. The van der Waals surface area contributed by atoms with Gasteiger partial charge in [-0.2, -0.15) is 0 Å². The minimum Gasteiger partial charge on any atom is -0.496 e. The van der Waals surface area contributed by atoms with E-state index in [1.807, 2.05) is 54.6 Å². The maximum absolute atomic E-state index is 14.2. The Balaban J connectivity index is 1.52. The van der Waals surface area contributed by atoms with Gasteiger partial charge in [0.2, 0.25) is 11.8 Å². The Labute approximate surface area is 231 Å². The first-order valence-corrected chi connectivity index (χ1v) is 13.2. The summed E-state index contributed by atoms with van der Waals surface area (Å²) in [6.07, 6.45) is 3.94. The van der Waals surface area contributed by atoms with Crippen molar-refractivity contribution in [2.24, 2.45) is 0 Å². The van der Waals surface area contributed by atoms with Crippen LogP contribution < -0.4 is 4.74 Å². The largest absolute Gasteiger partial charge is 0.496 e. The second-order valence-corrected chi connectivity index (χ2v) is 10.1. The highest BCUT2D eigenvalue weighted by Crippen LogP contribution is 2.31. The molecular weight excluding hydrogens is 521 g/mol. The van der Waals surface area contributed by atoms with Crippen LogP contribution in [-0.2, 0) is 29.1 Å². The molecule has 4 aromatic rings. The standard InChI is InChI=1S/C30H27Cl2N3O3/c1-38-28-11-9-22-6-2-3-7-23(22)24(28)19-34-14-12-29(36)35(18-21-5-4-13-33-17-21)27(30(34)37)16-20-8-10-25(31)26(32)15-20/h2-11,13,15,17,27H,12,14,16,18-19H2,1H3/t27-/m0/s1.